The fourth-order valence-corrected chi connectivity index (χ4v) is 3.53. The second kappa shape index (κ2) is 8.11. The normalized spacial score (nSPS) is 12.3. The fourth-order valence-electron chi connectivity index (χ4n) is 3.53. The molecule has 0 unspecified atom stereocenters. The van der Waals surface area contributed by atoms with Crippen LogP contribution in [0.4, 0.5) is 0 Å². The fraction of sp³-hybridized carbons (Fsp3) is 0.455. The molecule has 0 fully saturated rings. The summed E-state index contributed by atoms with van der Waals surface area (Å²) in [6.45, 7) is 4.54. The molecule has 4 heteroatoms. The summed E-state index contributed by atoms with van der Waals surface area (Å²) in [5, 5.41) is 2.26. The van der Waals surface area contributed by atoms with E-state index in [0.29, 0.717) is 22.1 Å². The lowest BCUT2D eigenvalue weighted by atomic mass is 10.0. The predicted octanol–water partition coefficient (Wildman–Crippen LogP) is 3.15. The van der Waals surface area contributed by atoms with Crippen LogP contribution in [0.15, 0.2) is 42.5 Å². The molecule has 0 bridgehead atoms. The molecule has 140 valence electrons. The molecular weight excluding hydrogens is 324 g/mol. The SMILES string of the molecule is CC(=O)C[N+](C)(C)CCC[N+](C)(C)CC(=O)c1ccc2ccccc2c1. The molecule has 2 aromatic carbocycles. The summed E-state index contributed by atoms with van der Waals surface area (Å²) in [5.74, 6) is 0.397. The molecule has 0 N–H and O–H groups in total. The molecule has 0 aromatic heterocycles. The van der Waals surface area contributed by atoms with Crippen molar-refractivity contribution in [1.82, 2.24) is 0 Å². The minimum atomic E-state index is 0.179. The standard InChI is InChI=1S/C22H32N2O2/c1-18(25)16-23(2,3)13-8-14-24(4,5)17-22(26)21-12-11-19-9-6-7-10-20(19)15-21/h6-7,9-12,15H,8,13-14,16-17H2,1-5H3/q+2. The Balaban J connectivity index is 1.94. The monoisotopic (exact) mass is 356 g/mol. The minimum absolute atomic E-state index is 0.179. The lowest BCUT2D eigenvalue weighted by molar-refractivity contribution is -0.901. The van der Waals surface area contributed by atoms with Gasteiger partial charge in [0.05, 0.1) is 41.3 Å². The summed E-state index contributed by atoms with van der Waals surface area (Å²) in [6, 6.07) is 14.0. The maximum atomic E-state index is 12.7. The van der Waals surface area contributed by atoms with E-state index in [1.165, 1.54) is 0 Å². The van der Waals surface area contributed by atoms with E-state index in [1.807, 2.05) is 36.4 Å². The summed E-state index contributed by atoms with van der Waals surface area (Å²) < 4.78 is 1.36. The van der Waals surface area contributed by atoms with Crippen LogP contribution in [0.3, 0.4) is 0 Å². The van der Waals surface area contributed by atoms with E-state index in [4.69, 9.17) is 0 Å². The van der Waals surface area contributed by atoms with Gasteiger partial charge in [0.2, 0.25) is 5.78 Å². The van der Waals surface area contributed by atoms with Crippen LogP contribution in [-0.2, 0) is 4.79 Å². The number of fused-ring (bicyclic) bond motifs is 1. The molecule has 2 rings (SSSR count). The van der Waals surface area contributed by atoms with Gasteiger partial charge < -0.3 is 8.97 Å². The molecule has 0 amide bonds. The van der Waals surface area contributed by atoms with Gasteiger partial charge in [0, 0.05) is 18.9 Å². The summed E-state index contributed by atoms with van der Waals surface area (Å²) in [7, 11) is 8.37. The van der Waals surface area contributed by atoms with Gasteiger partial charge in [-0.15, -0.1) is 0 Å². The minimum Gasteiger partial charge on any atom is -0.322 e. The zero-order valence-electron chi connectivity index (χ0n) is 16.8. The maximum Gasteiger partial charge on any atom is 0.216 e. The molecule has 0 atom stereocenters. The number of rotatable bonds is 9. The van der Waals surface area contributed by atoms with Gasteiger partial charge >= 0.3 is 0 Å². The number of quaternary nitrogens is 2. The highest BCUT2D eigenvalue weighted by molar-refractivity contribution is 6.00. The van der Waals surface area contributed by atoms with E-state index < -0.39 is 0 Å². The van der Waals surface area contributed by atoms with E-state index in [-0.39, 0.29) is 11.6 Å². The largest absolute Gasteiger partial charge is 0.322 e. The number of benzene rings is 2. The van der Waals surface area contributed by atoms with Crippen molar-refractivity contribution in [3.05, 3.63) is 48.0 Å². The van der Waals surface area contributed by atoms with Crippen LogP contribution in [-0.4, -0.2) is 74.9 Å². The summed E-state index contributed by atoms with van der Waals surface area (Å²) in [4.78, 5) is 24.1. The second-order valence-corrected chi connectivity index (χ2v) is 8.68. The molecule has 26 heavy (non-hydrogen) atoms. The van der Waals surface area contributed by atoms with Gasteiger partial charge in [-0.2, -0.15) is 0 Å². The van der Waals surface area contributed by atoms with Gasteiger partial charge in [0.1, 0.15) is 13.1 Å². The van der Waals surface area contributed by atoms with Gasteiger partial charge in [-0.05, 0) is 16.8 Å². The number of carbonyl (C=O) groups is 2. The van der Waals surface area contributed by atoms with Crippen LogP contribution in [0.5, 0.6) is 0 Å². The van der Waals surface area contributed by atoms with E-state index in [2.05, 4.69) is 34.3 Å². The zero-order chi connectivity index (χ0) is 19.4. The average Bonchev–Trinajstić information content (AvgIpc) is 2.52. The zero-order valence-corrected chi connectivity index (χ0v) is 16.8. The molecule has 2 aromatic rings. The molecule has 0 saturated carbocycles. The molecule has 0 radical (unpaired) electrons. The van der Waals surface area contributed by atoms with Crippen molar-refractivity contribution in [2.24, 2.45) is 0 Å². The first-order valence-corrected chi connectivity index (χ1v) is 9.23. The lowest BCUT2D eigenvalue weighted by Gasteiger charge is -2.32. The third-order valence-corrected chi connectivity index (χ3v) is 4.82. The van der Waals surface area contributed by atoms with E-state index >= 15 is 0 Å². The molecule has 0 aliphatic heterocycles. The van der Waals surface area contributed by atoms with Crippen molar-refractivity contribution >= 4 is 22.3 Å². The van der Waals surface area contributed by atoms with Crippen molar-refractivity contribution < 1.29 is 18.6 Å². The quantitative estimate of drug-likeness (QED) is 0.511. The second-order valence-electron chi connectivity index (χ2n) is 8.68. The number of Topliss-reactive ketones (excluding diaryl/α,β-unsaturated/α-hetero) is 2. The van der Waals surface area contributed by atoms with E-state index in [9.17, 15) is 9.59 Å². The van der Waals surface area contributed by atoms with Gasteiger partial charge in [-0.25, -0.2) is 0 Å². The molecule has 0 spiro atoms. The Hall–Kier alpha value is -2.04. The molecule has 0 aliphatic carbocycles. The highest BCUT2D eigenvalue weighted by Crippen LogP contribution is 2.17. The third-order valence-electron chi connectivity index (χ3n) is 4.82. The predicted molar refractivity (Wildman–Crippen MR) is 107 cm³/mol. The summed E-state index contributed by atoms with van der Waals surface area (Å²) >= 11 is 0. The van der Waals surface area contributed by atoms with Gasteiger partial charge in [0.15, 0.2) is 5.78 Å². The summed E-state index contributed by atoms with van der Waals surface area (Å²) in [5.41, 5.74) is 0.780. The van der Waals surface area contributed by atoms with Crippen molar-refractivity contribution in [1.29, 1.82) is 0 Å². The number of likely N-dealkylation sites (N-methyl/N-ethyl adjacent to an activating group) is 2. The Morgan fingerprint density at radius 1 is 0.808 bits per heavy atom. The molecule has 0 saturated heterocycles. The smallest absolute Gasteiger partial charge is 0.216 e. The van der Waals surface area contributed by atoms with Crippen LogP contribution < -0.4 is 0 Å². The number of hydrogen-bond acceptors (Lipinski definition) is 2. The number of nitrogens with zero attached hydrogens (tertiary/aromatic N) is 2. The Labute approximate surface area is 157 Å². The van der Waals surface area contributed by atoms with Crippen LogP contribution in [0.1, 0.15) is 23.7 Å². The Morgan fingerprint density at radius 2 is 1.38 bits per heavy atom. The number of hydrogen-bond donors (Lipinski definition) is 0. The number of carbonyl (C=O) groups excluding carboxylic acids is 2. The molecule has 4 nitrogen and oxygen atoms in total. The van der Waals surface area contributed by atoms with Crippen LogP contribution in [0, 0.1) is 0 Å². The summed E-state index contributed by atoms with van der Waals surface area (Å²) in [6.07, 6.45) is 0.984. The van der Waals surface area contributed by atoms with Crippen molar-refractivity contribution in [2.45, 2.75) is 13.3 Å². The van der Waals surface area contributed by atoms with Crippen molar-refractivity contribution in [2.75, 3.05) is 54.4 Å². The van der Waals surface area contributed by atoms with Crippen molar-refractivity contribution in [3.63, 3.8) is 0 Å². The topological polar surface area (TPSA) is 34.1 Å². The van der Waals surface area contributed by atoms with Gasteiger partial charge in [-0.1, -0.05) is 36.4 Å². The van der Waals surface area contributed by atoms with Crippen LogP contribution >= 0.6 is 0 Å². The Kier molecular flexibility index (Phi) is 6.32. The first kappa shape index (κ1) is 20.3. The Morgan fingerprint density at radius 3 is 2.00 bits per heavy atom. The van der Waals surface area contributed by atoms with E-state index in [1.54, 1.807) is 6.92 Å². The third kappa shape index (κ3) is 6.04. The average molecular weight is 357 g/mol. The highest BCUT2D eigenvalue weighted by Gasteiger charge is 2.24. The van der Waals surface area contributed by atoms with Gasteiger partial charge in [-0.3, -0.25) is 9.59 Å². The van der Waals surface area contributed by atoms with Crippen LogP contribution in [0.25, 0.3) is 10.8 Å². The van der Waals surface area contributed by atoms with Crippen LogP contribution in [0.2, 0.25) is 0 Å². The maximum absolute atomic E-state index is 12.7. The molecular formula is C22H32N2O2+2. The number of ketones is 2. The molecule has 0 heterocycles. The van der Waals surface area contributed by atoms with Gasteiger partial charge in [0.25, 0.3) is 0 Å². The lowest BCUT2D eigenvalue weighted by Crippen LogP contribution is -2.48. The first-order chi connectivity index (χ1) is 12.1. The first-order valence-electron chi connectivity index (χ1n) is 9.23. The van der Waals surface area contributed by atoms with E-state index in [0.717, 1.165) is 35.8 Å². The van der Waals surface area contributed by atoms with Crippen molar-refractivity contribution in [3.8, 4) is 0 Å². The Bertz CT molecular complexity index is 794. The molecule has 0 aliphatic rings. The highest BCUT2D eigenvalue weighted by atomic mass is 16.1.